The van der Waals surface area contributed by atoms with Crippen molar-refractivity contribution in [2.45, 2.75) is 215 Å². The van der Waals surface area contributed by atoms with Crippen molar-refractivity contribution >= 4 is 151 Å². The Morgan fingerprint density at radius 3 is 1.25 bits per heavy atom. The number of nitrogens with one attached hydrogen (secondary N) is 9. The molecule has 10 aromatic rings. The number of alkyl halides is 12. The topological polar surface area (TPSA) is 242 Å². The van der Waals surface area contributed by atoms with Gasteiger partial charge in [-0.3, -0.25) is 24.2 Å². The molecule has 782 valence electrons. The van der Waals surface area contributed by atoms with Crippen LogP contribution in [-0.4, -0.2) is 254 Å². The minimum atomic E-state index is -4.43. The average molecular weight is 2180 g/mol. The molecular weight excluding hydrogens is 2050 g/mol. The summed E-state index contributed by atoms with van der Waals surface area (Å²) in [5.41, 5.74) is 8.40. The van der Waals surface area contributed by atoms with E-state index in [0.717, 1.165) is 109 Å². The van der Waals surface area contributed by atoms with Crippen LogP contribution in [0.2, 0.25) is 0 Å². The van der Waals surface area contributed by atoms with Gasteiger partial charge in [0.15, 0.2) is 9.84 Å². The minimum Gasteiger partial charge on any atom is -0.495 e. The number of aromatic nitrogens is 4. The first-order chi connectivity index (χ1) is 69.0. The number of Topliss-reactive ketones (excluding diaryl/α,β-unsaturated/α-hetero) is 1. The maximum Gasteiger partial charge on any atom is 0.406 e. The highest BCUT2D eigenvalue weighted by molar-refractivity contribution is 14.1. The number of carbonyl (C=O) groups is 3. The van der Waals surface area contributed by atoms with Gasteiger partial charge in [0.1, 0.15) is 43.5 Å². The van der Waals surface area contributed by atoms with Gasteiger partial charge in [-0.25, -0.2) is 8.42 Å². The standard InChI is InChI=1S/C32H38F3N5O4S.C21H27F3IN3.C20H26F3N3S.C16H17F3N2O.C12H14N2O2.C4H9NS/c1-36-31(41)22-8-13-28(30(19-22)44-2)37-14-4-5-25-20-26-27(6-3-7-29(26)40(25)21-32(33,34)35)38-23-9-11-24(12-10-23)39-15-17-45(42,43)18-16-39;22-21(23,24)14-28-19-6-4-5-18(17(19)13-20(28)25)26-15-7-9-16(10-8-15)27-11-2-1-3-12-27;21-20(22,23)14-26-9-8-17-18(2-1-3-19(17)26)24-15-4-6-16(7-5-15)25-10-12-27-13-11-25;17-16(18,19)10-21-9-8-13-14(2-1-3-15(13)21)20-11-4-6-12(22)7-5-11;1-4-7-14-10-6-5-9(12(15)13-2)8-11(10)16-3;1-3-6-4-2-5-1/h3,6-8,13,19-20,23-24,37-38H,9-12,14-18,21H2,1-2H3,(H,36,41);4-6,13,15-16,26H,1-3,7-12,14H2;1-3,8-9,15-16,24H,4-7,10-14H2;1-3,8-9,11,20H,4-7,10H2;1,5-6,8,14H,7H2,2-3H3,(H,13,15);5H,1-4H2. The van der Waals surface area contributed by atoms with Gasteiger partial charge in [-0.2, -0.15) is 76.2 Å². The van der Waals surface area contributed by atoms with Crippen LogP contribution >= 0.6 is 46.1 Å². The van der Waals surface area contributed by atoms with Crippen molar-refractivity contribution in [2.24, 2.45) is 0 Å². The van der Waals surface area contributed by atoms with Gasteiger partial charge in [-0.15, -0.1) is 6.42 Å². The number of piperidine rings is 1. The highest BCUT2D eigenvalue weighted by Crippen LogP contribution is 2.40. The molecule has 0 radical (unpaired) electrons. The van der Waals surface area contributed by atoms with E-state index in [9.17, 15) is 75.5 Å². The summed E-state index contributed by atoms with van der Waals surface area (Å²) in [7, 11) is 3.22. The van der Waals surface area contributed by atoms with Crippen LogP contribution in [-0.2, 0) is 40.8 Å². The van der Waals surface area contributed by atoms with Gasteiger partial charge in [-0.05, 0) is 254 Å². The maximum absolute atomic E-state index is 13.7. The number of ketones is 1. The number of terminal acetylenes is 1. The van der Waals surface area contributed by atoms with Crippen molar-refractivity contribution in [2.75, 3.05) is 160 Å². The van der Waals surface area contributed by atoms with E-state index in [4.69, 9.17) is 15.9 Å². The fourth-order valence-electron chi connectivity index (χ4n) is 20.2. The number of anilines is 6. The molecule has 39 heteroatoms. The van der Waals surface area contributed by atoms with Crippen LogP contribution < -0.4 is 57.3 Å². The van der Waals surface area contributed by atoms with E-state index in [1.165, 1.54) is 152 Å². The predicted molar refractivity (Wildman–Crippen MR) is 565 cm³/mol. The molecule has 8 aliphatic rings. The average Bonchev–Trinajstić information content (AvgIpc) is 1.61. The van der Waals surface area contributed by atoms with Gasteiger partial charge in [0.25, 0.3) is 11.8 Å². The molecule has 6 aromatic carbocycles. The number of nitrogens with zero attached hydrogens (tertiary/aromatic N) is 7. The lowest BCUT2D eigenvalue weighted by Gasteiger charge is -2.39. The zero-order valence-electron chi connectivity index (χ0n) is 81.7. The van der Waals surface area contributed by atoms with Crippen LogP contribution in [0, 0.1) is 27.9 Å². The third kappa shape index (κ3) is 32.7. The van der Waals surface area contributed by atoms with Crippen LogP contribution in [0.5, 0.6) is 11.5 Å². The summed E-state index contributed by atoms with van der Waals surface area (Å²) in [5.74, 6) is 14.8. The Bertz CT molecular complexity index is 6080. The lowest BCUT2D eigenvalue weighted by atomic mass is 9.89. The second-order valence-corrected chi connectivity index (χ2v) is 43.2. The van der Waals surface area contributed by atoms with Crippen LogP contribution in [0.3, 0.4) is 0 Å². The number of methoxy groups -OCH3 is 2. The van der Waals surface area contributed by atoms with Crippen LogP contribution in [0.25, 0.3) is 43.6 Å². The Morgan fingerprint density at radius 2 is 0.840 bits per heavy atom. The third-order valence-corrected chi connectivity index (χ3v) is 31.9. The largest absolute Gasteiger partial charge is 0.495 e. The molecule has 144 heavy (non-hydrogen) atoms. The number of hydrogen-bond donors (Lipinski definition) is 9. The highest BCUT2D eigenvalue weighted by Gasteiger charge is 2.37. The van der Waals surface area contributed by atoms with Crippen molar-refractivity contribution in [3.05, 3.63) is 166 Å². The first-order valence-electron chi connectivity index (χ1n) is 49.4. The normalized spacial score (nSPS) is 20.4. The van der Waals surface area contributed by atoms with Crippen molar-refractivity contribution in [1.82, 2.24) is 48.9 Å². The number of ether oxygens (including phenoxy) is 2. The van der Waals surface area contributed by atoms with Crippen molar-refractivity contribution in [3.63, 3.8) is 0 Å². The van der Waals surface area contributed by atoms with Gasteiger partial charge in [0.05, 0.1) is 81.7 Å². The van der Waals surface area contributed by atoms with E-state index in [2.05, 4.69) is 80.3 Å². The molecule has 0 spiro atoms. The first kappa shape index (κ1) is 111. The molecule has 4 aromatic heterocycles. The van der Waals surface area contributed by atoms with Crippen LogP contribution in [0.4, 0.5) is 86.8 Å². The Labute approximate surface area is 856 Å². The number of rotatable bonds is 23. The molecule has 23 nitrogen and oxygen atoms in total. The summed E-state index contributed by atoms with van der Waals surface area (Å²) in [6.07, 6.45) is 10.7. The molecule has 0 atom stereocenters. The maximum atomic E-state index is 13.7. The lowest BCUT2D eigenvalue weighted by Crippen LogP contribution is -2.48. The van der Waals surface area contributed by atoms with E-state index in [1.807, 2.05) is 88.6 Å². The zero-order valence-corrected chi connectivity index (χ0v) is 86.3. The van der Waals surface area contributed by atoms with E-state index >= 15 is 0 Å². The second-order valence-electron chi connectivity index (χ2n) is 37.4. The highest BCUT2D eigenvalue weighted by atomic mass is 127. The van der Waals surface area contributed by atoms with Crippen LogP contribution in [0.15, 0.2) is 146 Å². The summed E-state index contributed by atoms with van der Waals surface area (Å²) in [5, 5.41) is 31.9. The summed E-state index contributed by atoms with van der Waals surface area (Å²) in [6.45, 7) is 4.99. The number of hydrogen-bond acceptors (Lipinski definition) is 19. The number of sulfone groups is 1. The summed E-state index contributed by atoms with van der Waals surface area (Å²) >= 11 is 6.08. The molecule has 9 N–H and O–H groups in total. The number of likely N-dealkylation sites (tertiary alicyclic amines) is 1. The van der Waals surface area contributed by atoms with Gasteiger partial charge >= 0.3 is 24.7 Å². The van der Waals surface area contributed by atoms with Crippen molar-refractivity contribution in [3.8, 4) is 35.7 Å². The number of thioether (sulfide) groups is 2. The molecule has 8 heterocycles. The molecule has 0 unspecified atom stereocenters. The first-order valence-corrected chi connectivity index (χ1v) is 54.6. The summed E-state index contributed by atoms with van der Waals surface area (Å²) in [6, 6.07) is 41.9. The quantitative estimate of drug-likeness (QED) is 0.0164. The Morgan fingerprint density at radius 1 is 0.451 bits per heavy atom. The molecule has 18 rings (SSSR count). The van der Waals surface area contributed by atoms with Gasteiger partial charge < -0.3 is 80.5 Å². The van der Waals surface area contributed by atoms with Crippen molar-refractivity contribution in [1.29, 1.82) is 0 Å². The molecule has 4 saturated heterocycles. The number of carbonyl (C=O) groups excluding carboxylic acids is 3. The molecule has 2 amide bonds. The Kier molecular flexibility index (Phi) is 40.6. The third-order valence-electron chi connectivity index (χ3n) is 27.5. The SMILES string of the molecule is C#CCNc1ccc(C(=O)NC)cc1OC.C1CSCCN1.CNC(=O)c1ccc(NCC#Cc2cc3c(NC4CCC(N5CCS(=O)(=O)CC5)CC4)cccc3n2CC(F)(F)F)c(OC)c1.FC(F)(F)Cn1c(I)cc2c(NC3CCC(N4CCCCC4)CC3)cccc21.FC(F)(F)Cn1ccc2c(NC3CCC(N4CCSCC4)CC3)cccc21.O=C1CCC(Nc2cccc3c2ccn3CC(F)(F)F)CC1. The molecule has 4 saturated carbocycles. The van der Waals surface area contributed by atoms with E-state index in [-0.39, 0.29) is 53.4 Å². The number of halogens is 13. The second kappa shape index (κ2) is 52.5. The fourth-order valence-corrected chi connectivity index (χ4v) is 23.8. The molecule has 0 bridgehead atoms. The number of amides is 2. The van der Waals surface area contributed by atoms with E-state index < -0.39 is 60.7 Å². The Balaban J connectivity index is 0.000000154. The molecule has 4 aliphatic heterocycles. The van der Waals surface area contributed by atoms with E-state index in [0.29, 0.717) is 122 Å². The van der Waals surface area contributed by atoms with Gasteiger partial charge in [0, 0.05) is 199 Å². The smallest absolute Gasteiger partial charge is 0.406 e. The van der Waals surface area contributed by atoms with E-state index in [1.54, 1.807) is 105 Å². The molecular formula is C105H131F12IN16O7S3. The number of fused-ring (bicyclic) bond motifs is 4. The summed E-state index contributed by atoms with van der Waals surface area (Å²) < 4.78 is 196. The minimum absolute atomic E-state index is 0.139. The van der Waals surface area contributed by atoms with Gasteiger partial charge in [0.2, 0.25) is 0 Å². The van der Waals surface area contributed by atoms with Gasteiger partial charge in [-0.1, -0.05) is 42.5 Å². The van der Waals surface area contributed by atoms with Crippen molar-refractivity contribution < 1.29 is 85.0 Å². The summed E-state index contributed by atoms with van der Waals surface area (Å²) in [4.78, 5) is 42.2. The zero-order chi connectivity index (χ0) is 103. The fraction of sp³-hybridized carbons (Fsp3) is 0.514. The van der Waals surface area contributed by atoms with Crippen LogP contribution in [0.1, 0.15) is 148 Å². The number of benzene rings is 6. The molecule has 8 fully saturated rings. The molecule has 4 aliphatic carbocycles. The lowest BCUT2D eigenvalue weighted by molar-refractivity contribution is -0.141. The monoisotopic (exact) mass is 2180 g/mol. The predicted octanol–water partition coefficient (Wildman–Crippen LogP) is 21.0. The Hall–Kier alpha value is -10.0.